The van der Waals surface area contributed by atoms with Crippen LogP contribution in [0.2, 0.25) is 0 Å². The lowest BCUT2D eigenvalue weighted by Crippen LogP contribution is -2.04. The molecule has 2 heterocycles. The number of rotatable bonds is 2. The average Bonchev–Trinajstić information content (AvgIpc) is 2.79. The van der Waals surface area contributed by atoms with E-state index in [-0.39, 0.29) is 33.2 Å². The van der Waals surface area contributed by atoms with Gasteiger partial charge < -0.3 is 10.5 Å². The number of anilines is 1. The third-order valence-corrected chi connectivity index (χ3v) is 3.47. The van der Waals surface area contributed by atoms with Gasteiger partial charge in [0.15, 0.2) is 11.2 Å². The Labute approximate surface area is 125 Å². The number of aromatic nitrogens is 4. The highest BCUT2D eigenvalue weighted by Crippen LogP contribution is 2.29. The van der Waals surface area contributed by atoms with Crippen LogP contribution in [0.5, 0.6) is 5.88 Å². The zero-order valence-electron chi connectivity index (χ0n) is 10.6. The van der Waals surface area contributed by atoms with Gasteiger partial charge in [0, 0.05) is 6.07 Å². The average molecular weight is 356 g/mol. The van der Waals surface area contributed by atoms with Gasteiger partial charge in [-0.05, 0) is 22.0 Å². The quantitative estimate of drug-likeness (QED) is 0.714. The number of halogens is 3. The number of fused-ring (bicyclic) bond motifs is 1. The summed E-state index contributed by atoms with van der Waals surface area (Å²) >= 11 is 3.01. The van der Waals surface area contributed by atoms with Gasteiger partial charge in [-0.2, -0.15) is 4.98 Å². The molecule has 0 aliphatic carbocycles. The van der Waals surface area contributed by atoms with E-state index in [4.69, 9.17) is 10.5 Å². The number of nitrogens with zero attached hydrogens (tertiary/aromatic N) is 4. The lowest BCUT2D eigenvalue weighted by molar-refractivity contribution is 0.401. The minimum absolute atomic E-state index is 0.0128. The number of nitrogen functional groups attached to an aromatic ring is 1. The Morgan fingerprint density at radius 2 is 2.00 bits per heavy atom. The Bertz CT molecular complexity index is 851. The summed E-state index contributed by atoms with van der Waals surface area (Å²) in [7, 11) is 1.42. The normalized spacial score (nSPS) is 11.0. The summed E-state index contributed by atoms with van der Waals surface area (Å²) < 4.78 is 33.8. The summed E-state index contributed by atoms with van der Waals surface area (Å²) in [5.74, 6) is -1.31. The Morgan fingerprint density at radius 3 is 2.71 bits per heavy atom. The first-order chi connectivity index (χ1) is 10.0. The topological polar surface area (TPSA) is 78.8 Å². The minimum atomic E-state index is -0.792. The van der Waals surface area contributed by atoms with E-state index in [0.29, 0.717) is 0 Å². The first kappa shape index (κ1) is 13.7. The molecule has 3 rings (SSSR count). The van der Waals surface area contributed by atoms with Crippen LogP contribution in [0.15, 0.2) is 22.9 Å². The second kappa shape index (κ2) is 4.92. The fraction of sp³-hybridized carbons (Fsp3) is 0.0833. The van der Waals surface area contributed by atoms with Crippen molar-refractivity contribution in [3.05, 3.63) is 34.6 Å². The molecule has 0 saturated carbocycles. The first-order valence-corrected chi connectivity index (χ1v) is 6.50. The van der Waals surface area contributed by atoms with Crippen LogP contribution < -0.4 is 10.5 Å². The number of imidazole rings is 1. The Hall–Kier alpha value is -2.29. The van der Waals surface area contributed by atoms with Gasteiger partial charge in [0.1, 0.15) is 18.0 Å². The summed E-state index contributed by atoms with van der Waals surface area (Å²) in [6, 6.07) is 2.01. The summed E-state index contributed by atoms with van der Waals surface area (Å²) in [5.41, 5.74) is 6.39. The van der Waals surface area contributed by atoms with Crippen molar-refractivity contribution in [1.29, 1.82) is 0 Å². The van der Waals surface area contributed by atoms with Crippen LogP contribution in [0.25, 0.3) is 16.9 Å². The monoisotopic (exact) mass is 355 g/mol. The van der Waals surface area contributed by atoms with Crippen molar-refractivity contribution < 1.29 is 13.5 Å². The molecule has 0 aliphatic heterocycles. The maximum absolute atomic E-state index is 14.0. The van der Waals surface area contributed by atoms with Crippen molar-refractivity contribution in [3.63, 3.8) is 0 Å². The molecule has 0 atom stereocenters. The number of methoxy groups -OCH3 is 1. The number of nitrogens with two attached hydrogens (primary N) is 1. The van der Waals surface area contributed by atoms with Crippen LogP contribution in [0.1, 0.15) is 0 Å². The summed E-state index contributed by atoms with van der Waals surface area (Å²) in [5, 5.41) is 0. The molecule has 0 bridgehead atoms. The zero-order chi connectivity index (χ0) is 15.1. The van der Waals surface area contributed by atoms with E-state index in [1.54, 1.807) is 0 Å². The molecular weight excluding hydrogens is 348 g/mol. The van der Waals surface area contributed by atoms with Gasteiger partial charge in [0.25, 0.3) is 0 Å². The predicted molar refractivity (Wildman–Crippen MR) is 75.2 cm³/mol. The molecule has 2 N–H and O–H groups in total. The SMILES string of the molecule is COc1ncnc2c1nc(N)n2-c1cc(Br)c(F)cc1F. The summed E-state index contributed by atoms with van der Waals surface area (Å²) in [4.78, 5) is 12.0. The van der Waals surface area contributed by atoms with Crippen molar-refractivity contribution in [2.75, 3.05) is 12.8 Å². The van der Waals surface area contributed by atoms with Crippen LogP contribution >= 0.6 is 15.9 Å². The molecule has 3 aromatic rings. The molecule has 0 unspecified atom stereocenters. The Morgan fingerprint density at radius 1 is 1.24 bits per heavy atom. The van der Waals surface area contributed by atoms with Gasteiger partial charge >= 0.3 is 0 Å². The molecule has 21 heavy (non-hydrogen) atoms. The predicted octanol–water partition coefficient (Wildman–Crippen LogP) is 2.45. The largest absolute Gasteiger partial charge is 0.479 e. The van der Waals surface area contributed by atoms with Crippen LogP contribution in [-0.4, -0.2) is 26.6 Å². The molecule has 1 aromatic carbocycles. The maximum atomic E-state index is 14.0. The Balaban J connectivity index is 2.36. The van der Waals surface area contributed by atoms with E-state index in [2.05, 4.69) is 30.9 Å². The third kappa shape index (κ3) is 2.09. The second-order valence-corrected chi connectivity index (χ2v) is 4.93. The van der Waals surface area contributed by atoms with E-state index in [1.807, 2.05) is 0 Å². The number of hydrogen-bond acceptors (Lipinski definition) is 5. The van der Waals surface area contributed by atoms with E-state index in [0.717, 1.165) is 6.07 Å². The highest BCUT2D eigenvalue weighted by molar-refractivity contribution is 9.10. The van der Waals surface area contributed by atoms with Crippen LogP contribution in [-0.2, 0) is 0 Å². The number of ether oxygens (including phenoxy) is 1. The molecule has 0 saturated heterocycles. The molecule has 0 aliphatic rings. The van der Waals surface area contributed by atoms with Gasteiger partial charge in [0.2, 0.25) is 11.8 Å². The number of hydrogen-bond donors (Lipinski definition) is 1. The second-order valence-electron chi connectivity index (χ2n) is 4.08. The van der Waals surface area contributed by atoms with Gasteiger partial charge in [-0.1, -0.05) is 0 Å². The van der Waals surface area contributed by atoms with E-state index < -0.39 is 11.6 Å². The molecule has 0 amide bonds. The van der Waals surface area contributed by atoms with Crippen LogP contribution in [0.3, 0.4) is 0 Å². The van der Waals surface area contributed by atoms with Crippen molar-refractivity contribution in [1.82, 2.24) is 19.5 Å². The Kier molecular flexibility index (Phi) is 3.20. The lowest BCUT2D eigenvalue weighted by atomic mass is 10.3. The van der Waals surface area contributed by atoms with Crippen molar-refractivity contribution >= 4 is 33.0 Å². The highest BCUT2D eigenvalue weighted by Gasteiger charge is 2.19. The zero-order valence-corrected chi connectivity index (χ0v) is 12.2. The van der Waals surface area contributed by atoms with Crippen molar-refractivity contribution in [2.45, 2.75) is 0 Å². The van der Waals surface area contributed by atoms with E-state index in [1.165, 1.54) is 24.1 Å². The van der Waals surface area contributed by atoms with Crippen molar-refractivity contribution in [3.8, 4) is 11.6 Å². The first-order valence-electron chi connectivity index (χ1n) is 5.70. The van der Waals surface area contributed by atoms with Gasteiger partial charge in [0.05, 0.1) is 17.3 Å². The molecule has 6 nitrogen and oxygen atoms in total. The molecule has 108 valence electrons. The standard InChI is InChI=1S/C12H8BrF2N5O/c1-21-11-9-10(17-4-18-11)20(12(16)19-9)8-2-5(13)6(14)3-7(8)15/h2-4H,1H3,(H2,16,19). The summed E-state index contributed by atoms with van der Waals surface area (Å²) in [6.07, 6.45) is 1.25. The van der Waals surface area contributed by atoms with Gasteiger partial charge in [-0.25, -0.2) is 18.7 Å². The molecule has 0 fully saturated rings. The maximum Gasteiger partial charge on any atom is 0.245 e. The van der Waals surface area contributed by atoms with E-state index >= 15 is 0 Å². The minimum Gasteiger partial charge on any atom is -0.479 e. The smallest absolute Gasteiger partial charge is 0.245 e. The fourth-order valence-electron chi connectivity index (χ4n) is 1.96. The molecule has 0 radical (unpaired) electrons. The lowest BCUT2D eigenvalue weighted by Gasteiger charge is -2.08. The summed E-state index contributed by atoms with van der Waals surface area (Å²) in [6.45, 7) is 0. The molecule has 0 spiro atoms. The molecular formula is C12H8BrF2N5O. The molecule has 9 heteroatoms. The number of benzene rings is 1. The highest BCUT2D eigenvalue weighted by atomic mass is 79.9. The van der Waals surface area contributed by atoms with Crippen LogP contribution in [0, 0.1) is 11.6 Å². The fourth-order valence-corrected chi connectivity index (χ4v) is 2.29. The van der Waals surface area contributed by atoms with Gasteiger partial charge in [-0.3, -0.25) is 4.57 Å². The third-order valence-electron chi connectivity index (χ3n) is 2.86. The van der Waals surface area contributed by atoms with E-state index in [9.17, 15) is 8.78 Å². The van der Waals surface area contributed by atoms with Crippen molar-refractivity contribution in [2.24, 2.45) is 0 Å². The van der Waals surface area contributed by atoms with Gasteiger partial charge in [-0.15, -0.1) is 0 Å². The van der Waals surface area contributed by atoms with Crippen LogP contribution in [0.4, 0.5) is 14.7 Å². The molecule has 2 aromatic heterocycles.